The molecule has 0 unspecified atom stereocenters. The van der Waals surface area contributed by atoms with Crippen molar-refractivity contribution in [1.82, 2.24) is 0 Å². The van der Waals surface area contributed by atoms with E-state index in [1.165, 1.54) is 29.5 Å². The molecule has 0 aliphatic heterocycles. The quantitative estimate of drug-likeness (QED) is 0.695. The molecule has 1 aliphatic rings. The predicted molar refractivity (Wildman–Crippen MR) is 68.0 cm³/mol. The highest BCUT2D eigenvalue weighted by Crippen LogP contribution is 2.43. The van der Waals surface area contributed by atoms with Gasteiger partial charge in [-0.05, 0) is 55.4 Å². The average molecular weight is 216 g/mol. The molecule has 0 heterocycles. The molecule has 1 aliphatic carbocycles. The first-order chi connectivity index (χ1) is 7.50. The highest BCUT2D eigenvalue weighted by Gasteiger charge is 2.26. The van der Waals surface area contributed by atoms with Gasteiger partial charge in [0.25, 0.3) is 0 Å². The van der Waals surface area contributed by atoms with Crippen molar-refractivity contribution in [3.8, 4) is 5.75 Å². The maximum Gasteiger partial charge on any atom is 0.118 e. The molecule has 2 atom stereocenters. The first-order valence-corrected chi connectivity index (χ1v) is 5.99. The van der Waals surface area contributed by atoms with Gasteiger partial charge < -0.3 is 5.11 Å². The molecule has 0 spiro atoms. The smallest absolute Gasteiger partial charge is 0.118 e. The molecule has 0 aromatic heterocycles. The maximum absolute atomic E-state index is 9.80. The molecule has 0 radical (unpaired) electrons. The van der Waals surface area contributed by atoms with Gasteiger partial charge in [-0.3, -0.25) is 0 Å². The highest BCUT2D eigenvalue weighted by atomic mass is 16.3. The minimum absolute atomic E-state index is 0.424. The van der Waals surface area contributed by atoms with E-state index in [1.807, 2.05) is 13.0 Å². The van der Waals surface area contributed by atoms with E-state index in [0.29, 0.717) is 17.6 Å². The summed E-state index contributed by atoms with van der Waals surface area (Å²) in [6, 6.07) is 4.09. The van der Waals surface area contributed by atoms with E-state index in [-0.39, 0.29) is 0 Å². The van der Waals surface area contributed by atoms with E-state index in [0.717, 1.165) is 5.56 Å². The van der Waals surface area contributed by atoms with Crippen molar-refractivity contribution in [3.63, 3.8) is 0 Å². The second kappa shape index (κ2) is 3.97. The van der Waals surface area contributed by atoms with Crippen LogP contribution in [0.1, 0.15) is 55.2 Å². The van der Waals surface area contributed by atoms with E-state index in [1.54, 1.807) is 0 Å². The van der Waals surface area contributed by atoms with Crippen LogP contribution in [0.4, 0.5) is 0 Å². The van der Waals surface area contributed by atoms with Crippen molar-refractivity contribution < 1.29 is 5.11 Å². The van der Waals surface area contributed by atoms with Gasteiger partial charge in [0.05, 0.1) is 0 Å². The summed E-state index contributed by atoms with van der Waals surface area (Å²) in [5.74, 6) is 1.45. The topological polar surface area (TPSA) is 20.2 Å². The Balaban J connectivity index is 2.57. The molecule has 2 rings (SSSR count). The third-order valence-electron chi connectivity index (χ3n) is 3.79. The Labute approximate surface area is 97.8 Å². The molecule has 86 valence electrons. The summed E-state index contributed by atoms with van der Waals surface area (Å²) >= 11 is 0. The van der Waals surface area contributed by atoms with Crippen LogP contribution in [0.15, 0.2) is 24.3 Å². The summed E-state index contributed by atoms with van der Waals surface area (Å²) in [5, 5.41) is 9.80. The standard InChI is InChI=1S/C15H20O/c1-9(2)12-6-5-10(3)13-8-15(16)11(4)7-14(12)13/h7-8,10,12,16H,1,5-6H2,2-4H3/t10-,12+/m0/s1. The summed E-state index contributed by atoms with van der Waals surface area (Å²) in [6.07, 6.45) is 2.38. The number of aromatic hydroxyl groups is 1. The highest BCUT2D eigenvalue weighted by molar-refractivity contribution is 5.47. The number of hydrogen-bond donors (Lipinski definition) is 1. The van der Waals surface area contributed by atoms with Gasteiger partial charge >= 0.3 is 0 Å². The van der Waals surface area contributed by atoms with Gasteiger partial charge in [-0.15, -0.1) is 0 Å². The van der Waals surface area contributed by atoms with E-state index in [2.05, 4.69) is 26.5 Å². The van der Waals surface area contributed by atoms with Crippen LogP contribution >= 0.6 is 0 Å². The van der Waals surface area contributed by atoms with Gasteiger partial charge in [-0.25, -0.2) is 0 Å². The van der Waals surface area contributed by atoms with Crippen LogP contribution in [-0.4, -0.2) is 5.11 Å². The van der Waals surface area contributed by atoms with Gasteiger partial charge in [0.1, 0.15) is 5.75 Å². The first kappa shape index (κ1) is 11.3. The van der Waals surface area contributed by atoms with Crippen LogP contribution in [-0.2, 0) is 0 Å². The minimum Gasteiger partial charge on any atom is -0.508 e. The molecule has 1 heteroatoms. The molecule has 0 bridgehead atoms. The first-order valence-electron chi connectivity index (χ1n) is 5.99. The Hall–Kier alpha value is -1.24. The van der Waals surface area contributed by atoms with Crippen LogP contribution in [0.2, 0.25) is 0 Å². The second-order valence-corrected chi connectivity index (χ2v) is 5.14. The summed E-state index contributed by atoms with van der Waals surface area (Å²) < 4.78 is 0. The zero-order chi connectivity index (χ0) is 11.9. The molecule has 1 aromatic rings. The molecule has 16 heavy (non-hydrogen) atoms. The number of aryl methyl sites for hydroxylation is 1. The van der Waals surface area contributed by atoms with Crippen LogP contribution in [0.25, 0.3) is 0 Å². The number of phenols is 1. The van der Waals surface area contributed by atoms with Gasteiger partial charge in [0, 0.05) is 5.92 Å². The largest absolute Gasteiger partial charge is 0.508 e. The minimum atomic E-state index is 0.424. The second-order valence-electron chi connectivity index (χ2n) is 5.14. The normalized spacial score (nSPS) is 23.9. The lowest BCUT2D eigenvalue weighted by Gasteiger charge is -2.30. The molecule has 1 N–H and O–H groups in total. The molecular weight excluding hydrogens is 196 g/mol. The van der Waals surface area contributed by atoms with Gasteiger partial charge in [-0.2, -0.15) is 0 Å². The number of fused-ring (bicyclic) bond motifs is 1. The average Bonchev–Trinajstić information content (AvgIpc) is 2.21. The van der Waals surface area contributed by atoms with Crippen molar-refractivity contribution in [3.05, 3.63) is 41.0 Å². The Bertz CT molecular complexity index is 431. The van der Waals surface area contributed by atoms with E-state index < -0.39 is 0 Å². The number of phenolic OH excluding ortho intramolecular Hbond substituents is 1. The fraction of sp³-hybridized carbons (Fsp3) is 0.467. The predicted octanol–water partition coefficient (Wildman–Crippen LogP) is 4.26. The fourth-order valence-corrected chi connectivity index (χ4v) is 2.70. The molecule has 0 saturated carbocycles. The summed E-state index contributed by atoms with van der Waals surface area (Å²) in [6.45, 7) is 10.4. The van der Waals surface area contributed by atoms with Crippen molar-refractivity contribution in [1.29, 1.82) is 0 Å². The number of rotatable bonds is 1. The van der Waals surface area contributed by atoms with Crippen LogP contribution in [0.3, 0.4) is 0 Å². The van der Waals surface area contributed by atoms with Gasteiger partial charge in [-0.1, -0.05) is 25.1 Å². The van der Waals surface area contributed by atoms with Crippen LogP contribution < -0.4 is 0 Å². The zero-order valence-corrected chi connectivity index (χ0v) is 10.4. The van der Waals surface area contributed by atoms with E-state index >= 15 is 0 Å². The molecule has 0 saturated heterocycles. The zero-order valence-electron chi connectivity index (χ0n) is 10.4. The van der Waals surface area contributed by atoms with Crippen LogP contribution in [0.5, 0.6) is 5.75 Å². The SMILES string of the molecule is C=C(C)[C@H]1CC[C@H](C)c2cc(O)c(C)cc21. The summed E-state index contributed by atoms with van der Waals surface area (Å²) in [4.78, 5) is 0. The van der Waals surface area contributed by atoms with E-state index in [9.17, 15) is 5.11 Å². The van der Waals surface area contributed by atoms with Crippen molar-refractivity contribution in [2.75, 3.05) is 0 Å². The Morgan fingerprint density at radius 3 is 2.62 bits per heavy atom. The third kappa shape index (κ3) is 1.75. The number of allylic oxidation sites excluding steroid dienone is 1. The third-order valence-corrected chi connectivity index (χ3v) is 3.79. The molecule has 1 nitrogen and oxygen atoms in total. The lowest BCUT2D eigenvalue weighted by atomic mass is 9.74. The summed E-state index contributed by atoms with van der Waals surface area (Å²) in [7, 11) is 0. The van der Waals surface area contributed by atoms with E-state index in [4.69, 9.17) is 0 Å². The molecular formula is C15H20O. The monoisotopic (exact) mass is 216 g/mol. The number of benzene rings is 1. The molecule has 0 amide bonds. The van der Waals surface area contributed by atoms with Crippen molar-refractivity contribution in [2.24, 2.45) is 0 Å². The fourth-order valence-electron chi connectivity index (χ4n) is 2.70. The molecule has 0 fully saturated rings. The Morgan fingerprint density at radius 1 is 1.31 bits per heavy atom. The lowest BCUT2D eigenvalue weighted by molar-refractivity contribution is 0.464. The van der Waals surface area contributed by atoms with Gasteiger partial charge in [0.15, 0.2) is 0 Å². The number of hydrogen-bond acceptors (Lipinski definition) is 1. The van der Waals surface area contributed by atoms with Crippen molar-refractivity contribution in [2.45, 2.75) is 45.4 Å². The van der Waals surface area contributed by atoms with Crippen molar-refractivity contribution >= 4 is 0 Å². The maximum atomic E-state index is 9.80. The van der Waals surface area contributed by atoms with Gasteiger partial charge in [0.2, 0.25) is 0 Å². The summed E-state index contributed by atoms with van der Waals surface area (Å²) in [5.41, 5.74) is 4.89. The lowest BCUT2D eigenvalue weighted by Crippen LogP contribution is -2.13. The van der Waals surface area contributed by atoms with Crippen LogP contribution in [0, 0.1) is 6.92 Å². The Kier molecular flexibility index (Phi) is 2.79. The Morgan fingerprint density at radius 2 is 2.00 bits per heavy atom. The molecule has 1 aromatic carbocycles.